The Hall–Kier alpha value is -9.16. The van der Waals surface area contributed by atoms with E-state index in [0.29, 0.717) is 30.5 Å². The molecule has 0 saturated heterocycles. The number of hydrogen-bond donors (Lipinski definition) is 0. The van der Waals surface area contributed by atoms with Gasteiger partial charge in [0.15, 0.2) is 0 Å². The summed E-state index contributed by atoms with van der Waals surface area (Å²) < 4.78 is 38.5. The van der Waals surface area contributed by atoms with Crippen molar-refractivity contribution in [2.24, 2.45) is 0 Å². The maximum Gasteiger partial charge on any atom is 0.132 e. The van der Waals surface area contributed by atoms with Crippen molar-refractivity contribution in [1.82, 2.24) is 9.97 Å². The van der Waals surface area contributed by atoms with E-state index in [2.05, 4.69) is 211 Å². The number of aryl methyl sites for hydroxylation is 2. The molecule has 9 aromatic rings. The lowest BCUT2D eigenvalue weighted by Gasteiger charge is -2.26. The zero-order valence-corrected chi connectivity index (χ0v) is 45.6. The highest BCUT2D eigenvalue weighted by atomic mass is 16.5. The highest BCUT2D eigenvalue weighted by Crippen LogP contribution is 2.51. The molecule has 0 saturated carbocycles. The Labute approximate surface area is 462 Å². The summed E-state index contributed by atoms with van der Waals surface area (Å²) in [6, 6.07) is 47.0. The normalized spacial score (nSPS) is 15.1. The average molecular weight is 1030 g/mol. The van der Waals surface area contributed by atoms with E-state index in [1.54, 1.807) is 12.4 Å². The zero-order valence-electron chi connectivity index (χ0n) is 48.6. The fraction of sp³-hybridized carbons (Fsp3) is 0.212. The molecule has 0 N–H and O–H groups in total. The van der Waals surface area contributed by atoms with Gasteiger partial charge in [-0.2, -0.15) is 0 Å². The summed E-state index contributed by atoms with van der Waals surface area (Å²) in [5.41, 5.74) is 23.6. The summed E-state index contributed by atoms with van der Waals surface area (Å²) in [7, 11) is 2.11. The third-order valence-corrected chi connectivity index (χ3v) is 16.7. The number of benzene rings is 7. The van der Waals surface area contributed by atoms with E-state index in [1.165, 1.54) is 27.2 Å². The molecule has 7 aromatic carbocycles. The van der Waals surface area contributed by atoms with E-state index in [-0.39, 0.29) is 6.67 Å². The fourth-order valence-electron chi connectivity index (χ4n) is 11.7. The van der Waals surface area contributed by atoms with Crippen LogP contribution in [0.15, 0.2) is 158 Å². The molecule has 78 heavy (non-hydrogen) atoms. The van der Waals surface area contributed by atoms with Crippen LogP contribution in [0, 0.1) is 55.4 Å². The lowest BCUT2D eigenvalue weighted by molar-refractivity contribution is 0.478. The molecular formula is C66H64N10O2. The van der Waals surface area contributed by atoms with Crippen LogP contribution in [-0.4, -0.2) is 50.7 Å². The summed E-state index contributed by atoms with van der Waals surface area (Å²) in [5, 5.41) is 0. The predicted octanol–water partition coefficient (Wildman–Crippen LogP) is 16.1. The number of aromatic nitrogens is 2. The first-order chi connectivity index (χ1) is 39.0. The molecule has 12 nitrogen and oxygen atoms in total. The van der Waals surface area contributed by atoms with Crippen molar-refractivity contribution in [3.8, 4) is 23.0 Å². The Bertz CT molecular complexity index is 3980. The van der Waals surface area contributed by atoms with E-state index >= 15 is 0 Å². The molecule has 0 radical (unpaired) electrons. The van der Waals surface area contributed by atoms with Crippen molar-refractivity contribution in [2.75, 3.05) is 79.9 Å². The van der Waals surface area contributed by atoms with Crippen LogP contribution in [0.4, 0.5) is 79.6 Å². The molecule has 390 valence electrons. The molecule has 0 aliphatic carbocycles. The molecule has 4 aliphatic rings. The lowest BCUT2D eigenvalue weighted by atomic mass is 10.0. The van der Waals surface area contributed by atoms with Gasteiger partial charge in [-0.05, 0) is 185 Å². The Balaban J connectivity index is 0.751. The number of pyridine rings is 2. The molecule has 13 rings (SSSR count). The third kappa shape index (κ3) is 8.04. The van der Waals surface area contributed by atoms with E-state index < -0.39 is 6.98 Å². The maximum atomic E-state index is 8.27. The number of rotatable bonds is 10. The lowest BCUT2D eigenvalue weighted by Crippen LogP contribution is -2.25. The smallest absolute Gasteiger partial charge is 0.132 e. The Morgan fingerprint density at radius 1 is 0.359 bits per heavy atom. The first-order valence-corrected chi connectivity index (χ1v) is 26.6. The summed E-state index contributed by atoms with van der Waals surface area (Å²) >= 11 is 0. The third-order valence-electron chi connectivity index (χ3n) is 16.7. The Morgan fingerprint density at radius 3 is 1.27 bits per heavy atom. The van der Waals surface area contributed by atoms with Crippen LogP contribution in [0.25, 0.3) is 0 Å². The van der Waals surface area contributed by atoms with Gasteiger partial charge < -0.3 is 48.7 Å². The van der Waals surface area contributed by atoms with Gasteiger partial charge in [0.2, 0.25) is 0 Å². The van der Waals surface area contributed by atoms with E-state index in [4.69, 9.17) is 13.6 Å². The van der Waals surface area contributed by atoms with Crippen molar-refractivity contribution in [1.29, 1.82) is 0 Å². The van der Waals surface area contributed by atoms with E-state index in [9.17, 15) is 0 Å². The van der Waals surface area contributed by atoms with E-state index in [0.717, 1.165) is 114 Å². The number of ether oxygens (including phenoxy) is 2. The molecule has 4 aliphatic heterocycles. The van der Waals surface area contributed by atoms with Crippen molar-refractivity contribution < 1.29 is 13.6 Å². The minimum absolute atomic E-state index is 0.170. The topological polar surface area (TPSA) is 70.2 Å². The second-order valence-corrected chi connectivity index (χ2v) is 21.2. The maximum absolute atomic E-state index is 8.27. The van der Waals surface area contributed by atoms with Crippen molar-refractivity contribution in [2.45, 2.75) is 55.4 Å². The molecule has 0 spiro atoms. The number of para-hydroxylation sites is 2. The van der Waals surface area contributed by atoms with E-state index in [1.807, 2.05) is 41.6 Å². The van der Waals surface area contributed by atoms with Gasteiger partial charge in [-0.3, -0.25) is 9.97 Å². The summed E-state index contributed by atoms with van der Waals surface area (Å²) in [4.78, 5) is 26.2. The minimum Gasteiger partial charge on any atom is -0.457 e. The van der Waals surface area contributed by atoms with Crippen LogP contribution in [0.5, 0.6) is 23.0 Å². The van der Waals surface area contributed by atoms with Gasteiger partial charge in [-0.15, -0.1) is 0 Å². The molecule has 12 heteroatoms. The number of anilines is 14. The van der Waals surface area contributed by atoms with Crippen LogP contribution in [0.1, 0.15) is 48.6 Å². The monoisotopic (exact) mass is 1030 g/mol. The van der Waals surface area contributed by atoms with Gasteiger partial charge >= 0.3 is 0 Å². The van der Waals surface area contributed by atoms with Gasteiger partial charge in [-0.1, -0.05) is 24.3 Å². The first-order valence-electron chi connectivity index (χ1n) is 28.1. The highest BCUT2D eigenvalue weighted by Gasteiger charge is 2.33. The highest BCUT2D eigenvalue weighted by molar-refractivity contribution is 5.91. The molecule has 0 atom stereocenters. The van der Waals surface area contributed by atoms with Gasteiger partial charge in [0.05, 0.1) is 71.2 Å². The largest absolute Gasteiger partial charge is 0.457 e. The molecule has 0 bridgehead atoms. The van der Waals surface area contributed by atoms with Gasteiger partial charge in [0, 0.05) is 88.9 Å². The first kappa shape index (κ1) is 45.1. The Morgan fingerprint density at radius 2 is 0.782 bits per heavy atom. The molecule has 2 aromatic heterocycles. The summed E-state index contributed by atoms with van der Waals surface area (Å²) in [6.45, 7) is 17.0. The second kappa shape index (κ2) is 18.8. The number of fused-ring (bicyclic) bond motifs is 4. The quantitative estimate of drug-likeness (QED) is 0.131. The second-order valence-electron chi connectivity index (χ2n) is 21.2. The molecule has 0 amide bonds. The zero-order chi connectivity index (χ0) is 56.2. The minimum atomic E-state index is -2.32. The van der Waals surface area contributed by atoms with Crippen LogP contribution in [0.2, 0.25) is 0 Å². The van der Waals surface area contributed by atoms with Gasteiger partial charge in [-0.25, -0.2) is 0 Å². The van der Waals surface area contributed by atoms with Crippen molar-refractivity contribution in [3.05, 3.63) is 203 Å². The van der Waals surface area contributed by atoms with Crippen molar-refractivity contribution >= 4 is 79.6 Å². The Kier molecular flexibility index (Phi) is 10.9. The van der Waals surface area contributed by atoms with Crippen LogP contribution in [0.3, 0.4) is 0 Å². The summed E-state index contributed by atoms with van der Waals surface area (Å²) in [5.74, 6) is 3.03. The van der Waals surface area contributed by atoms with Crippen LogP contribution >= 0.6 is 0 Å². The van der Waals surface area contributed by atoms with Crippen molar-refractivity contribution in [3.63, 3.8) is 0 Å². The number of nitrogens with zero attached hydrogens (tertiary/aromatic N) is 10. The van der Waals surface area contributed by atoms with Crippen LogP contribution < -0.4 is 48.7 Å². The van der Waals surface area contributed by atoms with Gasteiger partial charge in [0.1, 0.15) is 36.3 Å². The van der Waals surface area contributed by atoms with Gasteiger partial charge in [0.25, 0.3) is 0 Å². The molecular weight excluding hydrogens is 965 g/mol. The predicted molar refractivity (Wildman–Crippen MR) is 321 cm³/mol. The SMILES string of the molecule is [2H]C([2H])([2H])N1CN(c2cc(Oc3cccc(N4CN(c5ccc(N6CN(c7cccc(Oc8cc(N9CN(C)c%10cnccc%109)c(C)c(C)c8C)c7)c7cc(C)c(C)cc76)cc5)c5ccccc54)c3)c(C)c(C)c2C)c2ccncc21. The van der Waals surface area contributed by atoms with Crippen LogP contribution in [-0.2, 0) is 0 Å². The number of hydrogen-bond acceptors (Lipinski definition) is 12. The average Bonchev–Trinajstić information content (AvgIpc) is 4.35. The molecule has 0 unspecified atom stereocenters. The molecule has 0 fully saturated rings. The molecule has 6 heterocycles. The fourth-order valence-corrected chi connectivity index (χ4v) is 11.7. The standard InChI is InChI=1S/C66H64N10O2/c1-41-29-61-62(30-42(41)2)74(52-16-14-18-54(32-52)78-66-34-60(46(6)44(4)48(66)8)76-38-70(10)64-36-68-28-26-58(64)76)40-72(61)50-23-21-49(22-24-50)71-39-73(56-20-12-11-19-55(56)71)51-15-13-17-53(31-51)77-65-33-59(45(5)43(3)47(65)7)75-37-69(9)63-35-67-27-25-57(63)75/h11-36H,37-40H2,1-10H3/i9D3. The summed E-state index contributed by atoms with van der Waals surface area (Å²) in [6.07, 6.45) is 7.13.